The van der Waals surface area contributed by atoms with Gasteiger partial charge in [-0.05, 0) is 41.8 Å². The summed E-state index contributed by atoms with van der Waals surface area (Å²) < 4.78 is 2.03. The molecule has 0 spiro atoms. The van der Waals surface area contributed by atoms with Gasteiger partial charge in [0.05, 0.1) is 5.38 Å². The van der Waals surface area contributed by atoms with Gasteiger partial charge in [0.25, 0.3) is 0 Å². The van der Waals surface area contributed by atoms with Gasteiger partial charge in [-0.15, -0.1) is 11.6 Å². The van der Waals surface area contributed by atoms with Crippen molar-refractivity contribution in [3.63, 3.8) is 0 Å². The lowest BCUT2D eigenvalue weighted by atomic mass is 10.0. The molecule has 0 fully saturated rings. The lowest BCUT2D eigenvalue weighted by molar-refractivity contribution is 0.914. The van der Waals surface area contributed by atoms with Crippen LogP contribution in [0.5, 0.6) is 0 Å². The van der Waals surface area contributed by atoms with Crippen molar-refractivity contribution in [2.24, 2.45) is 0 Å². The Bertz CT molecular complexity index is 555. The fraction of sp³-hybridized carbons (Fsp3) is 0.143. The van der Waals surface area contributed by atoms with E-state index in [2.05, 4.69) is 31.9 Å². The van der Waals surface area contributed by atoms with Gasteiger partial charge in [0.2, 0.25) is 0 Å². The monoisotopic (exact) mass is 406 g/mol. The SMILES string of the molecule is Clc1ccccc1CC(Cl)c1cc(Br)ccc1Br. The summed E-state index contributed by atoms with van der Waals surface area (Å²) in [7, 11) is 0. The van der Waals surface area contributed by atoms with E-state index in [1.807, 2.05) is 42.5 Å². The Balaban J connectivity index is 2.25. The van der Waals surface area contributed by atoms with Gasteiger partial charge in [0.1, 0.15) is 0 Å². The zero-order chi connectivity index (χ0) is 13.1. The Morgan fingerprint density at radius 1 is 1.06 bits per heavy atom. The van der Waals surface area contributed by atoms with Crippen molar-refractivity contribution in [3.05, 3.63) is 67.6 Å². The molecule has 1 unspecified atom stereocenters. The van der Waals surface area contributed by atoms with Gasteiger partial charge in [-0.2, -0.15) is 0 Å². The van der Waals surface area contributed by atoms with Gasteiger partial charge in [0, 0.05) is 14.0 Å². The molecular weight excluding hydrogens is 399 g/mol. The summed E-state index contributed by atoms with van der Waals surface area (Å²) in [6, 6.07) is 13.8. The van der Waals surface area contributed by atoms with Gasteiger partial charge in [-0.1, -0.05) is 61.7 Å². The molecule has 0 aliphatic heterocycles. The third-order valence-electron chi connectivity index (χ3n) is 2.65. The molecule has 2 aromatic rings. The molecule has 4 heteroatoms. The molecule has 94 valence electrons. The molecule has 18 heavy (non-hydrogen) atoms. The molecule has 0 aliphatic rings. The lowest BCUT2D eigenvalue weighted by Gasteiger charge is -2.13. The van der Waals surface area contributed by atoms with Gasteiger partial charge in [0.15, 0.2) is 0 Å². The highest BCUT2D eigenvalue weighted by atomic mass is 79.9. The quantitative estimate of drug-likeness (QED) is 0.516. The second-order valence-electron chi connectivity index (χ2n) is 3.93. The Morgan fingerprint density at radius 3 is 2.50 bits per heavy atom. The zero-order valence-corrected chi connectivity index (χ0v) is 14.0. The van der Waals surface area contributed by atoms with E-state index in [1.54, 1.807) is 0 Å². The van der Waals surface area contributed by atoms with Crippen LogP contribution in [0.2, 0.25) is 5.02 Å². The van der Waals surface area contributed by atoms with E-state index in [0.29, 0.717) is 6.42 Å². The summed E-state index contributed by atoms with van der Waals surface area (Å²) >= 11 is 19.6. The van der Waals surface area contributed by atoms with E-state index in [9.17, 15) is 0 Å². The molecule has 0 aromatic heterocycles. The molecule has 1 atom stereocenters. The smallest absolute Gasteiger partial charge is 0.0637 e. The van der Waals surface area contributed by atoms with Crippen LogP contribution in [-0.4, -0.2) is 0 Å². The predicted molar refractivity (Wildman–Crippen MR) is 85.6 cm³/mol. The summed E-state index contributed by atoms with van der Waals surface area (Å²) in [4.78, 5) is 0. The third kappa shape index (κ3) is 3.51. The van der Waals surface area contributed by atoms with Crippen LogP contribution in [-0.2, 0) is 6.42 Å². The first-order valence-electron chi connectivity index (χ1n) is 5.40. The number of hydrogen-bond donors (Lipinski definition) is 0. The van der Waals surface area contributed by atoms with Crippen molar-refractivity contribution in [1.29, 1.82) is 0 Å². The molecule has 0 bridgehead atoms. The summed E-state index contributed by atoms with van der Waals surface area (Å²) in [5.41, 5.74) is 2.12. The minimum absolute atomic E-state index is 0.114. The number of halogens is 4. The van der Waals surface area contributed by atoms with Crippen LogP contribution in [0, 0.1) is 0 Å². The van der Waals surface area contributed by atoms with Crippen molar-refractivity contribution >= 4 is 55.1 Å². The average Bonchev–Trinajstić information content (AvgIpc) is 2.35. The van der Waals surface area contributed by atoms with Crippen molar-refractivity contribution in [1.82, 2.24) is 0 Å². The Kier molecular flexibility index (Phi) is 5.14. The van der Waals surface area contributed by atoms with Gasteiger partial charge < -0.3 is 0 Å². The molecule has 0 amide bonds. The molecule has 0 saturated carbocycles. The topological polar surface area (TPSA) is 0 Å². The molecular formula is C14H10Br2Cl2. The minimum Gasteiger partial charge on any atom is -0.117 e. The van der Waals surface area contributed by atoms with Gasteiger partial charge >= 0.3 is 0 Å². The Labute approximate surface area is 134 Å². The van der Waals surface area contributed by atoms with Crippen LogP contribution in [0.1, 0.15) is 16.5 Å². The maximum atomic E-state index is 6.48. The third-order valence-corrected chi connectivity index (χ3v) is 4.63. The standard InChI is InChI=1S/C14H10Br2Cl2/c15-10-5-6-12(16)11(8-10)14(18)7-9-3-1-2-4-13(9)17/h1-6,8,14H,7H2. The summed E-state index contributed by atoms with van der Waals surface area (Å²) in [6.45, 7) is 0. The Hall–Kier alpha value is -0.0200. The van der Waals surface area contributed by atoms with Crippen LogP contribution in [0.25, 0.3) is 0 Å². The maximum Gasteiger partial charge on any atom is 0.0637 e. The van der Waals surface area contributed by atoms with E-state index in [-0.39, 0.29) is 5.38 Å². The van der Waals surface area contributed by atoms with Gasteiger partial charge in [-0.25, -0.2) is 0 Å². The highest BCUT2D eigenvalue weighted by molar-refractivity contribution is 9.11. The van der Waals surface area contributed by atoms with Crippen molar-refractivity contribution in [2.45, 2.75) is 11.8 Å². The van der Waals surface area contributed by atoms with Crippen LogP contribution >= 0.6 is 55.1 Å². The molecule has 2 rings (SSSR count). The van der Waals surface area contributed by atoms with Crippen LogP contribution in [0.3, 0.4) is 0 Å². The molecule has 0 heterocycles. The van der Waals surface area contributed by atoms with Crippen LogP contribution in [0.15, 0.2) is 51.4 Å². The van der Waals surface area contributed by atoms with E-state index in [4.69, 9.17) is 23.2 Å². The van der Waals surface area contributed by atoms with Crippen LogP contribution < -0.4 is 0 Å². The van der Waals surface area contributed by atoms with Crippen molar-refractivity contribution < 1.29 is 0 Å². The van der Waals surface area contributed by atoms with E-state index in [0.717, 1.165) is 25.1 Å². The summed E-state index contributed by atoms with van der Waals surface area (Å²) in [6.07, 6.45) is 0.705. The average molecular weight is 409 g/mol. The molecule has 0 N–H and O–H groups in total. The lowest BCUT2D eigenvalue weighted by Crippen LogP contribution is -1.98. The fourth-order valence-corrected chi connectivity index (χ4v) is 3.31. The first-order chi connectivity index (χ1) is 8.58. The largest absolute Gasteiger partial charge is 0.117 e. The normalized spacial score (nSPS) is 12.4. The van der Waals surface area contributed by atoms with Gasteiger partial charge in [-0.3, -0.25) is 0 Å². The number of alkyl halides is 1. The molecule has 2 aromatic carbocycles. The van der Waals surface area contributed by atoms with E-state index < -0.39 is 0 Å². The summed E-state index contributed by atoms with van der Waals surface area (Å²) in [5, 5.41) is 0.644. The molecule has 0 radical (unpaired) electrons. The number of rotatable bonds is 3. The van der Waals surface area contributed by atoms with Crippen LogP contribution in [0.4, 0.5) is 0 Å². The minimum atomic E-state index is -0.114. The zero-order valence-electron chi connectivity index (χ0n) is 9.34. The molecule has 0 saturated heterocycles. The van der Waals surface area contributed by atoms with E-state index in [1.165, 1.54) is 0 Å². The highest BCUT2D eigenvalue weighted by Crippen LogP contribution is 2.34. The second-order valence-corrected chi connectivity index (χ2v) is 6.63. The number of benzene rings is 2. The summed E-state index contributed by atoms with van der Waals surface area (Å²) in [5.74, 6) is 0. The number of hydrogen-bond acceptors (Lipinski definition) is 0. The van der Waals surface area contributed by atoms with E-state index >= 15 is 0 Å². The first-order valence-corrected chi connectivity index (χ1v) is 7.80. The maximum absolute atomic E-state index is 6.48. The Morgan fingerprint density at radius 2 is 1.78 bits per heavy atom. The second kappa shape index (κ2) is 6.42. The predicted octanol–water partition coefficient (Wildman–Crippen LogP) is 6.39. The highest BCUT2D eigenvalue weighted by Gasteiger charge is 2.14. The first kappa shape index (κ1) is 14.4. The fourth-order valence-electron chi connectivity index (χ4n) is 1.72. The molecule has 0 aliphatic carbocycles. The van der Waals surface area contributed by atoms with Crippen molar-refractivity contribution in [2.75, 3.05) is 0 Å². The molecule has 0 nitrogen and oxygen atoms in total. The van der Waals surface area contributed by atoms with Crippen molar-refractivity contribution in [3.8, 4) is 0 Å².